The van der Waals surface area contributed by atoms with E-state index < -0.39 is 0 Å². The molecule has 1 atom stereocenters. The number of aryl methyl sites for hydroxylation is 2. The van der Waals surface area contributed by atoms with Crippen LogP contribution in [0.15, 0.2) is 30.5 Å². The highest BCUT2D eigenvalue weighted by atomic mass is 15.4. The fourth-order valence-electron chi connectivity index (χ4n) is 4.17. The minimum Gasteiger partial charge on any atom is -0.357 e. The molecule has 0 saturated carbocycles. The molecule has 1 aromatic carbocycles. The topological polar surface area (TPSA) is 28.2 Å². The minimum absolute atomic E-state index is 0.0469. The third-order valence-corrected chi connectivity index (χ3v) is 5.90. The molecule has 0 spiro atoms. The van der Waals surface area contributed by atoms with Gasteiger partial charge in [-0.3, -0.25) is 4.98 Å². The molecule has 136 valence electrons. The Morgan fingerprint density at radius 1 is 1.08 bits per heavy atom. The molecule has 2 aliphatic rings. The van der Waals surface area contributed by atoms with Crippen molar-refractivity contribution in [2.75, 3.05) is 10.2 Å². The molecular weight excluding hydrogens is 318 g/mol. The highest BCUT2D eigenvalue weighted by Crippen LogP contribution is 2.52. The van der Waals surface area contributed by atoms with Crippen LogP contribution in [0.2, 0.25) is 0 Å². The first kappa shape index (κ1) is 17.1. The van der Waals surface area contributed by atoms with E-state index in [1.807, 2.05) is 0 Å². The molecule has 0 radical (unpaired) electrons. The number of fused-ring (bicyclic) bond motifs is 5. The monoisotopic (exact) mass is 347 g/mol. The van der Waals surface area contributed by atoms with Gasteiger partial charge in [-0.05, 0) is 55.2 Å². The molecule has 2 aliphatic heterocycles. The van der Waals surface area contributed by atoms with Gasteiger partial charge >= 0.3 is 0 Å². The first-order valence-corrected chi connectivity index (χ1v) is 9.53. The van der Waals surface area contributed by atoms with Crippen molar-refractivity contribution in [1.82, 2.24) is 4.98 Å². The summed E-state index contributed by atoms with van der Waals surface area (Å²) in [4.78, 5) is 7.42. The normalized spacial score (nSPS) is 20.7. The number of hydrogen-bond donors (Lipinski definition) is 1. The van der Waals surface area contributed by atoms with Gasteiger partial charge in [0.2, 0.25) is 0 Å². The lowest BCUT2D eigenvalue weighted by Crippen LogP contribution is -2.51. The van der Waals surface area contributed by atoms with Gasteiger partial charge in [0.05, 0.1) is 17.1 Å². The average Bonchev–Trinajstić information content (AvgIpc) is 2.89. The van der Waals surface area contributed by atoms with Gasteiger partial charge in [-0.25, -0.2) is 0 Å². The van der Waals surface area contributed by atoms with Gasteiger partial charge in [-0.2, -0.15) is 0 Å². The number of hydrogen-bond acceptors (Lipinski definition) is 3. The SMILES string of the molecule is Cc1cc2c(cc1C)N1C=Cc3nc(C(C)(C)C)ccc3C1(C(C)C)N2. The maximum absolute atomic E-state index is 5.02. The predicted octanol–water partition coefficient (Wildman–Crippen LogP) is 5.72. The lowest BCUT2D eigenvalue weighted by Gasteiger charge is -2.44. The molecule has 0 bridgehead atoms. The van der Waals surface area contributed by atoms with Crippen LogP contribution in [0.5, 0.6) is 0 Å². The summed E-state index contributed by atoms with van der Waals surface area (Å²) in [6.45, 7) is 15.6. The molecule has 4 rings (SSSR count). The molecule has 3 nitrogen and oxygen atoms in total. The highest BCUT2D eigenvalue weighted by molar-refractivity contribution is 5.85. The van der Waals surface area contributed by atoms with Crippen LogP contribution >= 0.6 is 0 Å². The number of benzene rings is 1. The molecule has 0 amide bonds. The fourth-order valence-corrected chi connectivity index (χ4v) is 4.17. The molecule has 3 heteroatoms. The number of rotatable bonds is 1. The van der Waals surface area contributed by atoms with E-state index in [-0.39, 0.29) is 11.1 Å². The Labute approximate surface area is 157 Å². The van der Waals surface area contributed by atoms with E-state index >= 15 is 0 Å². The van der Waals surface area contributed by atoms with Crippen molar-refractivity contribution in [3.05, 3.63) is 58.5 Å². The highest BCUT2D eigenvalue weighted by Gasteiger charge is 2.49. The van der Waals surface area contributed by atoms with E-state index in [9.17, 15) is 0 Å². The number of nitrogens with one attached hydrogen (secondary N) is 1. The van der Waals surface area contributed by atoms with Crippen LogP contribution in [-0.4, -0.2) is 4.98 Å². The first-order chi connectivity index (χ1) is 12.1. The van der Waals surface area contributed by atoms with Crippen LogP contribution in [0.3, 0.4) is 0 Å². The lowest BCUT2D eigenvalue weighted by molar-refractivity contribution is 0.363. The number of pyridine rings is 1. The molecule has 0 aliphatic carbocycles. The summed E-state index contributed by atoms with van der Waals surface area (Å²) in [5, 5.41) is 3.87. The minimum atomic E-state index is -0.282. The van der Waals surface area contributed by atoms with Crippen molar-refractivity contribution in [3.63, 3.8) is 0 Å². The standard InChI is InChI=1S/C23H29N3/c1-14(2)23-17-8-9-21(22(5,6)7)24-18(17)10-11-26(23)20-13-16(4)15(3)12-19(20)25-23/h8-14,25H,1-7H3. The summed E-state index contributed by atoms with van der Waals surface area (Å²) in [6, 6.07) is 9.05. The van der Waals surface area contributed by atoms with Gasteiger partial charge in [-0.1, -0.05) is 40.7 Å². The number of nitrogens with zero attached hydrogens (tertiary/aromatic N) is 2. The van der Waals surface area contributed by atoms with E-state index in [0.717, 1.165) is 11.4 Å². The van der Waals surface area contributed by atoms with E-state index in [0.29, 0.717) is 5.92 Å². The molecule has 3 heterocycles. The van der Waals surface area contributed by atoms with Crippen molar-refractivity contribution < 1.29 is 0 Å². The fraction of sp³-hybridized carbons (Fsp3) is 0.435. The maximum atomic E-state index is 5.02. The Balaban J connectivity index is 1.93. The third kappa shape index (κ3) is 2.22. The van der Waals surface area contributed by atoms with Gasteiger partial charge in [0.15, 0.2) is 0 Å². The molecular formula is C23H29N3. The van der Waals surface area contributed by atoms with E-state index in [1.165, 1.54) is 28.1 Å². The van der Waals surface area contributed by atoms with Crippen molar-refractivity contribution in [2.45, 2.75) is 59.5 Å². The van der Waals surface area contributed by atoms with Gasteiger partial charge in [0, 0.05) is 22.9 Å². The third-order valence-electron chi connectivity index (χ3n) is 5.90. The Morgan fingerprint density at radius 2 is 1.77 bits per heavy atom. The van der Waals surface area contributed by atoms with Gasteiger partial charge in [0.25, 0.3) is 0 Å². The molecule has 1 unspecified atom stereocenters. The van der Waals surface area contributed by atoms with E-state index in [4.69, 9.17) is 4.98 Å². The zero-order valence-corrected chi connectivity index (χ0v) is 16.9. The lowest BCUT2D eigenvalue weighted by atomic mass is 9.83. The summed E-state index contributed by atoms with van der Waals surface area (Å²) in [5.74, 6) is 0.376. The molecule has 1 N–H and O–H groups in total. The van der Waals surface area contributed by atoms with Crippen LogP contribution in [0, 0.1) is 19.8 Å². The summed E-state index contributed by atoms with van der Waals surface area (Å²) >= 11 is 0. The van der Waals surface area contributed by atoms with Crippen LogP contribution in [0.1, 0.15) is 62.7 Å². The van der Waals surface area contributed by atoms with Crippen molar-refractivity contribution in [2.24, 2.45) is 5.92 Å². The Kier molecular flexibility index (Phi) is 3.53. The van der Waals surface area contributed by atoms with Crippen molar-refractivity contribution >= 4 is 17.5 Å². The number of aromatic nitrogens is 1. The van der Waals surface area contributed by atoms with Crippen molar-refractivity contribution in [3.8, 4) is 0 Å². The largest absolute Gasteiger partial charge is 0.357 e. The summed E-state index contributed by atoms with van der Waals surface area (Å²) in [5.41, 5.74) is 8.34. The Morgan fingerprint density at radius 3 is 2.42 bits per heavy atom. The first-order valence-electron chi connectivity index (χ1n) is 9.53. The summed E-state index contributed by atoms with van der Waals surface area (Å²) in [6.07, 6.45) is 4.37. The molecule has 1 aromatic heterocycles. The Bertz CT molecular complexity index is 918. The van der Waals surface area contributed by atoms with Gasteiger partial charge < -0.3 is 10.2 Å². The molecule has 0 saturated heterocycles. The predicted molar refractivity (Wildman–Crippen MR) is 111 cm³/mol. The Hall–Kier alpha value is -2.29. The average molecular weight is 348 g/mol. The second kappa shape index (κ2) is 5.35. The molecule has 2 aromatic rings. The van der Waals surface area contributed by atoms with Gasteiger partial charge in [-0.15, -0.1) is 0 Å². The zero-order chi connectivity index (χ0) is 18.9. The summed E-state index contributed by atoms with van der Waals surface area (Å²) < 4.78 is 0. The van der Waals surface area contributed by atoms with Crippen LogP contribution < -0.4 is 10.2 Å². The maximum Gasteiger partial charge on any atom is 0.145 e. The van der Waals surface area contributed by atoms with E-state index in [2.05, 4.69) is 95.2 Å². The molecule has 0 fully saturated rings. The summed E-state index contributed by atoms with van der Waals surface area (Å²) in [7, 11) is 0. The van der Waals surface area contributed by atoms with Crippen LogP contribution in [-0.2, 0) is 11.1 Å². The second-order valence-corrected chi connectivity index (χ2v) is 9.06. The zero-order valence-electron chi connectivity index (χ0n) is 16.9. The second-order valence-electron chi connectivity index (χ2n) is 9.06. The van der Waals surface area contributed by atoms with Gasteiger partial charge in [0.1, 0.15) is 5.66 Å². The van der Waals surface area contributed by atoms with Crippen molar-refractivity contribution in [1.29, 1.82) is 0 Å². The number of anilines is 2. The van der Waals surface area contributed by atoms with Crippen LogP contribution in [0.25, 0.3) is 6.08 Å². The van der Waals surface area contributed by atoms with Crippen LogP contribution in [0.4, 0.5) is 11.4 Å². The smallest absolute Gasteiger partial charge is 0.145 e. The molecule has 26 heavy (non-hydrogen) atoms. The quantitative estimate of drug-likeness (QED) is 0.715. The van der Waals surface area contributed by atoms with E-state index in [1.54, 1.807) is 0 Å².